The number of alkyl halides is 6. The van der Waals surface area contributed by atoms with Crippen molar-refractivity contribution in [1.82, 2.24) is 0 Å². The van der Waals surface area contributed by atoms with Crippen molar-refractivity contribution in [3.8, 4) is 5.75 Å². The average molecular weight is 392 g/mol. The molecule has 1 atom stereocenters. The summed E-state index contributed by atoms with van der Waals surface area (Å²) < 4.78 is 93.0. The number of hydrogen-bond acceptors (Lipinski definition) is 1. The van der Waals surface area contributed by atoms with Crippen molar-refractivity contribution < 1.29 is 35.5 Å². The van der Waals surface area contributed by atoms with E-state index in [2.05, 4.69) is 4.74 Å². The van der Waals surface area contributed by atoms with Crippen LogP contribution < -0.4 is 4.74 Å². The molecule has 0 heterocycles. The molecule has 0 fully saturated rings. The molecule has 1 unspecified atom stereocenters. The molecule has 0 spiro atoms. The van der Waals surface area contributed by atoms with E-state index in [0.29, 0.717) is 6.07 Å². The molecule has 2 aromatic rings. The van der Waals surface area contributed by atoms with Gasteiger partial charge in [0, 0.05) is 0 Å². The van der Waals surface area contributed by atoms with Crippen molar-refractivity contribution in [1.29, 1.82) is 0 Å². The minimum absolute atomic E-state index is 0.260. The molecular weight excluding hydrogens is 377 g/mol. The molecule has 2 rings (SSSR count). The number of hydrogen-bond donors (Lipinski definition) is 0. The summed E-state index contributed by atoms with van der Waals surface area (Å²) in [6.45, 7) is 2.00. The molecule has 0 saturated heterocycles. The molecule has 2 aromatic carbocycles. The van der Waals surface area contributed by atoms with Crippen LogP contribution in [0.25, 0.3) is 12.2 Å². The van der Waals surface area contributed by atoms with E-state index in [1.54, 1.807) is 6.08 Å². The van der Waals surface area contributed by atoms with E-state index in [-0.39, 0.29) is 5.56 Å². The highest BCUT2D eigenvalue weighted by Gasteiger charge is 2.59. The van der Waals surface area contributed by atoms with Gasteiger partial charge in [-0.25, -0.2) is 8.78 Å². The molecule has 0 aliphatic heterocycles. The van der Waals surface area contributed by atoms with Crippen molar-refractivity contribution in [2.75, 3.05) is 0 Å². The van der Waals surface area contributed by atoms with Crippen molar-refractivity contribution in [3.05, 3.63) is 65.0 Å². The summed E-state index contributed by atoms with van der Waals surface area (Å²) in [7, 11) is 0. The minimum atomic E-state index is -5.84. The lowest BCUT2D eigenvalue weighted by molar-refractivity contribution is -0.305. The second-order valence-electron chi connectivity index (χ2n) is 5.69. The standard InChI is InChI=1S/C19H15F7O/c1-2-12-3-5-13(6-4-12)7-8-14-9-10-16(15(20)11-14)27-19(25,26)17(21)18(22,23)24/h3-11,17H,2H2,1H3/b8-7+. The van der Waals surface area contributed by atoms with Gasteiger partial charge in [0.25, 0.3) is 6.17 Å². The maximum atomic E-state index is 13.9. The Kier molecular flexibility index (Phi) is 6.18. The van der Waals surface area contributed by atoms with E-state index in [1.807, 2.05) is 31.2 Å². The van der Waals surface area contributed by atoms with Crippen LogP contribution in [0.15, 0.2) is 42.5 Å². The van der Waals surface area contributed by atoms with E-state index >= 15 is 0 Å². The Morgan fingerprint density at radius 3 is 2.00 bits per heavy atom. The fraction of sp³-hybridized carbons (Fsp3) is 0.263. The SMILES string of the molecule is CCc1ccc(/C=C/c2ccc(OC(F)(F)C(F)C(F)(F)F)c(F)c2)cc1. The Morgan fingerprint density at radius 2 is 1.48 bits per heavy atom. The number of aryl methyl sites for hydroxylation is 1. The molecule has 27 heavy (non-hydrogen) atoms. The highest BCUT2D eigenvalue weighted by atomic mass is 19.4. The van der Waals surface area contributed by atoms with Crippen LogP contribution in [0, 0.1) is 5.82 Å². The van der Waals surface area contributed by atoms with Crippen LogP contribution in [0.1, 0.15) is 23.6 Å². The molecule has 0 radical (unpaired) electrons. The Hall–Kier alpha value is -2.51. The van der Waals surface area contributed by atoms with Gasteiger partial charge in [-0.1, -0.05) is 49.4 Å². The number of ether oxygens (including phenoxy) is 1. The number of rotatable bonds is 6. The largest absolute Gasteiger partial charge is 0.439 e. The quantitative estimate of drug-likeness (QED) is 0.407. The fourth-order valence-electron chi connectivity index (χ4n) is 2.15. The average Bonchev–Trinajstić information content (AvgIpc) is 2.61. The summed E-state index contributed by atoms with van der Waals surface area (Å²) in [4.78, 5) is 0. The smallest absolute Gasteiger partial charge is 0.427 e. The third-order valence-electron chi connectivity index (χ3n) is 3.64. The first kappa shape index (κ1) is 20.8. The topological polar surface area (TPSA) is 9.23 Å². The number of halogens is 7. The van der Waals surface area contributed by atoms with Gasteiger partial charge in [0.05, 0.1) is 0 Å². The van der Waals surface area contributed by atoms with Crippen molar-refractivity contribution in [2.24, 2.45) is 0 Å². The Balaban J connectivity index is 2.13. The first-order valence-electron chi connectivity index (χ1n) is 7.87. The lowest BCUT2D eigenvalue weighted by Crippen LogP contribution is -2.45. The molecule has 0 aliphatic rings. The Morgan fingerprint density at radius 1 is 0.926 bits per heavy atom. The van der Waals surface area contributed by atoms with Gasteiger partial charge in [-0.05, 0) is 35.2 Å². The normalized spacial score (nSPS) is 13.8. The molecule has 0 amide bonds. The van der Waals surface area contributed by atoms with Gasteiger partial charge >= 0.3 is 12.3 Å². The van der Waals surface area contributed by atoms with Crippen molar-refractivity contribution >= 4 is 12.2 Å². The number of benzene rings is 2. The van der Waals surface area contributed by atoms with E-state index in [0.717, 1.165) is 29.7 Å². The van der Waals surface area contributed by atoms with Crippen LogP contribution in [0.3, 0.4) is 0 Å². The van der Waals surface area contributed by atoms with Gasteiger partial charge in [0.1, 0.15) is 0 Å². The van der Waals surface area contributed by atoms with Crippen LogP contribution in [0.4, 0.5) is 30.7 Å². The van der Waals surface area contributed by atoms with Gasteiger partial charge in [-0.15, -0.1) is 0 Å². The minimum Gasteiger partial charge on any atom is -0.427 e. The second-order valence-corrected chi connectivity index (χ2v) is 5.69. The molecule has 1 nitrogen and oxygen atoms in total. The molecule has 146 valence electrons. The van der Waals surface area contributed by atoms with E-state index in [4.69, 9.17) is 0 Å². The molecular formula is C19H15F7O. The zero-order valence-electron chi connectivity index (χ0n) is 14.0. The fourth-order valence-corrected chi connectivity index (χ4v) is 2.15. The van der Waals surface area contributed by atoms with Crippen LogP contribution in [-0.2, 0) is 6.42 Å². The monoisotopic (exact) mass is 392 g/mol. The van der Waals surface area contributed by atoms with Crippen LogP contribution >= 0.6 is 0 Å². The Labute approximate surface area is 151 Å². The maximum Gasteiger partial charge on any atom is 0.439 e. The van der Waals surface area contributed by atoms with Crippen LogP contribution in [-0.4, -0.2) is 18.5 Å². The third kappa shape index (κ3) is 5.48. The van der Waals surface area contributed by atoms with Crippen LogP contribution in [0.2, 0.25) is 0 Å². The lowest BCUT2D eigenvalue weighted by atomic mass is 10.1. The van der Waals surface area contributed by atoms with Gasteiger partial charge in [0.15, 0.2) is 11.6 Å². The first-order valence-corrected chi connectivity index (χ1v) is 7.87. The predicted molar refractivity (Wildman–Crippen MR) is 87.7 cm³/mol. The van der Waals surface area contributed by atoms with Crippen LogP contribution in [0.5, 0.6) is 5.75 Å². The van der Waals surface area contributed by atoms with E-state index < -0.39 is 30.0 Å². The van der Waals surface area contributed by atoms with Gasteiger partial charge < -0.3 is 4.74 Å². The molecule has 0 saturated carbocycles. The summed E-state index contributed by atoms with van der Waals surface area (Å²) >= 11 is 0. The van der Waals surface area contributed by atoms with Gasteiger partial charge in [0.2, 0.25) is 0 Å². The van der Waals surface area contributed by atoms with Crippen molar-refractivity contribution in [2.45, 2.75) is 31.8 Å². The molecule has 0 aromatic heterocycles. The lowest BCUT2D eigenvalue weighted by Gasteiger charge is -2.23. The van der Waals surface area contributed by atoms with Gasteiger partial charge in [-0.3, -0.25) is 0 Å². The highest BCUT2D eigenvalue weighted by Crippen LogP contribution is 2.37. The summed E-state index contributed by atoms with van der Waals surface area (Å²) in [5, 5.41) is 0. The molecule has 8 heteroatoms. The summed E-state index contributed by atoms with van der Waals surface area (Å²) in [5.74, 6) is -2.52. The highest BCUT2D eigenvalue weighted by molar-refractivity contribution is 5.70. The van der Waals surface area contributed by atoms with E-state index in [1.165, 1.54) is 6.08 Å². The summed E-state index contributed by atoms with van der Waals surface area (Å²) in [6.07, 6.45) is -11.7. The zero-order valence-corrected chi connectivity index (χ0v) is 14.0. The zero-order chi connectivity index (χ0) is 20.2. The third-order valence-corrected chi connectivity index (χ3v) is 3.64. The Bertz CT molecular complexity index is 795. The first-order chi connectivity index (χ1) is 12.5. The summed E-state index contributed by atoms with van der Waals surface area (Å²) in [5.41, 5.74) is 2.20. The van der Waals surface area contributed by atoms with Crippen molar-refractivity contribution in [3.63, 3.8) is 0 Å². The molecule has 0 aliphatic carbocycles. The van der Waals surface area contributed by atoms with E-state index in [9.17, 15) is 30.7 Å². The molecule has 0 N–H and O–H groups in total. The van der Waals surface area contributed by atoms with Gasteiger partial charge in [-0.2, -0.15) is 22.0 Å². The maximum absolute atomic E-state index is 13.9. The second kappa shape index (κ2) is 8.02. The predicted octanol–water partition coefficient (Wildman–Crippen LogP) is 6.43. The summed E-state index contributed by atoms with van der Waals surface area (Å²) in [6, 6.07) is 10.2. The molecule has 0 bridgehead atoms.